The number of piperidine rings is 1. The second-order valence-electron chi connectivity index (χ2n) is 4.93. The van der Waals surface area contributed by atoms with E-state index >= 15 is 0 Å². The molecule has 0 aromatic carbocycles. The van der Waals surface area contributed by atoms with Gasteiger partial charge < -0.3 is 10.2 Å². The third kappa shape index (κ3) is 3.81. The summed E-state index contributed by atoms with van der Waals surface area (Å²) in [4.78, 5) is 18.3. The molecule has 0 bridgehead atoms. The number of pyridine rings is 1. The second kappa shape index (κ2) is 6.50. The van der Waals surface area contributed by atoms with Crippen LogP contribution >= 0.6 is 0 Å². The van der Waals surface area contributed by atoms with Crippen molar-refractivity contribution in [3.05, 3.63) is 30.1 Å². The van der Waals surface area contributed by atoms with Crippen LogP contribution in [-0.4, -0.2) is 35.4 Å². The summed E-state index contributed by atoms with van der Waals surface area (Å²) >= 11 is 0. The van der Waals surface area contributed by atoms with Gasteiger partial charge in [0, 0.05) is 18.7 Å². The Morgan fingerprint density at radius 1 is 1.50 bits per heavy atom. The van der Waals surface area contributed by atoms with E-state index in [1.165, 1.54) is 12.8 Å². The molecule has 1 aliphatic rings. The zero-order valence-corrected chi connectivity index (χ0v) is 10.9. The number of nitrogens with zero attached hydrogens (tertiary/aromatic N) is 2. The first-order valence-electron chi connectivity index (χ1n) is 6.62. The van der Waals surface area contributed by atoms with Crippen molar-refractivity contribution in [1.29, 1.82) is 0 Å². The van der Waals surface area contributed by atoms with E-state index in [1.807, 2.05) is 18.2 Å². The highest BCUT2D eigenvalue weighted by Crippen LogP contribution is 2.17. The van der Waals surface area contributed by atoms with Gasteiger partial charge in [0.2, 0.25) is 5.91 Å². The minimum Gasteiger partial charge on any atom is -0.350 e. The number of rotatable bonds is 4. The molecule has 1 amide bonds. The lowest BCUT2D eigenvalue weighted by atomic mass is 10.00. The predicted octanol–water partition coefficient (Wildman–Crippen LogP) is 1.57. The Hall–Kier alpha value is -1.42. The number of aromatic nitrogens is 1. The maximum atomic E-state index is 11.9. The molecule has 1 unspecified atom stereocenters. The molecular weight excluding hydrogens is 226 g/mol. The summed E-state index contributed by atoms with van der Waals surface area (Å²) < 4.78 is 0. The van der Waals surface area contributed by atoms with E-state index in [4.69, 9.17) is 0 Å². The molecule has 1 saturated heterocycles. The number of carbonyl (C=O) groups excluding carboxylic acids is 1. The van der Waals surface area contributed by atoms with Gasteiger partial charge in [-0.05, 0) is 38.6 Å². The van der Waals surface area contributed by atoms with Crippen molar-refractivity contribution in [2.24, 2.45) is 0 Å². The molecule has 1 N–H and O–H groups in total. The van der Waals surface area contributed by atoms with Gasteiger partial charge in [0.05, 0.1) is 12.2 Å². The number of hydrogen-bond donors (Lipinski definition) is 1. The largest absolute Gasteiger partial charge is 0.350 e. The van der Waals surface area contributed by atoms with Crippen LogP contribution in [0.4, 0.5) is 0 Å². The minimum absolute atomic E-state index is 0.124. The zero-order chi connectivity index (χ0) is 12.8. The summed E-state index contributed by atoms with van der Waals surface area (Å²) in [6.07, 6.45) is 5.97. The fourth-order valence-corrected chi connectivity index (χ4v) is 2.38. The molecule has 1 aromatic rings. The van der Waals surface area contributed by atoms with Crippen LogP contribution in [0.3, 0.4) is 0 Å². The fraction of sp³-hybridized carbons (Fsp3) is 0.571. The maximum absolute atomic E-state index is 11.9. The van der Waals surface area contributed by atoms with Crippen molar-refractivity contribution in [2.75, 3.05) is 13.6 Å². The monoisotopic (exact) mass is 247 g/mol. The van der Waals surface area contributed by atoms with Gasteiger partial charge in [0.15, 0.2) is 0 Å². The standard InChI is InChI=1S/C14H21N3O/c1-17-9-5-3-7-13(17)10-14(18)16-11-12-6-2-4-8-15-12/h2,4,6,8,13H,3,5,7,9-11H2,1H3,(H,16,18). The quantitative estimate of drug-likeness (QED) is 0.878. The molecule has 0 radical (unpaired) electrons. The molecular formula is C14H21N3O. The van der Waals surface area contributed by atoms with E-state index < -0.39 is 0 Å². The first-order valence-corrected chi connectivity index (χ1v) is 6.62. The van der Waals surface area contributed by atoms with Gasteiger partial charge in [-0.25, -0.2) is 0 Å². The Morgan fingerprint density at radius 3 is 3.11 bits per heavy atom. The van der Waals surface area contributed by atoms with E-state index in [0.29, 0.717) is 19.0 Å². The van der Waals surface area contributed by atoms with Crippen molar-refractivity contribution in [3.8, 4) is 0 Å². The molecule has 98 valence electrons. The van der Waals surface area contributed by atoms with Crippen LogP contribution in [0.25, 0.3) is 0 Å². The Kier molecular flexibility index (Phi) is 4.70. The summed E-state index contributed by atoms with van der Waals surface area (Å²) in [6, 6.07) is 6.14. The maximum Gasteiger partial charge on any atom is 0.221 e. The summed E-state index contributed by atoms with van der Waals surface area (Å²) in [6.45, 7) is 1.63. The van der Waals surface area contributed by atoms with Gasteiger partial charge in [0.1, 0.15) is 0 Å². The summed E-state index contributed by atoms with van der Waals surface area (Å²) in [5, 5.41) is 2.94. The van der Waals surface area contributed by atoms with Crippen LogP contribution in [0.2, 0.25) is 0 Å². The van der Waals surface area contributed by atoms with Crippen molar-refractivity contribution in [3.63, 3.8) is 0 Å². The smallest absolute Gasteiger partial charge is 0.221 e. The van der Waals surface area contributed by atoms with Crippen molar-refractivity contribution in [1.82, 2.24) is 15.2 Å². The number of likely N-dealkylation sites (tertiary alicyclic amines) is 1. The first kappa shape index (κ1) is 13.0. The van der Waals surface area contributed by atoms with Gasteiger partial charge in [-0.15, -0.1) is 0 Å². The molecule has 0 spiro atoms. The molecule has 1 fully saturated rings. The molecule has 4 nitrogen and oxygen atoms in total. The lowest BCUT2D eigenvalue weighted by molar-refractivity contribution is -0.122. The predicted molar refractivity (Wildman–Crippen MR) is 71.0 cm³/mol. The SMILES string of the molecule is CN1CCCCC1CC(=O)NCc1ccccn1. The number of nitrogens with one attached hydrogen (secondary N) is 1. The molecule has 2 heterocycles. The van der Waals surface area contributed by atoms with Gasteiger partial charge in [-0.1, -0.05) is 12.5 Å². The average molecular weight is 247 g/mol. The lowest BCUT2D eigenvalue weighted by Gasteiger charge is -2.31. The first-order chi connectivity index (χ1) is 8.75. The normalized spacial score (nSPS) is 20.6. The molecule has 1 aromatic heterocycles. The van der Waals surface area contributed by atoms with Crippen molar-refractivity contribution < 1.29 is 4.79 Å². The van der Waals surface area contributed by atoms with E-state index in [1.54, 1.807) is 6.20 Å². The Morgan fingerprint density at radius 2 is 2.39 bits per heavy atom. The Bertz CT molecular complexity index is 380. The highest BCUT2D eigenvalue weighted by Gasteiger charge is 2.21. The fourth-order valence-electron chi connectivity index (χ4n) is 2.38. The molecule has 4 heteroatoms. The van der Waals surface area contributed by atoms with Crippen molar-refractivity contribution in [2.45, 2.75) is 38.3 Å². The summed E-state index contributed by atoms with van der Waals surface area (Å²) in [5.41, 5.74) is 0.905. The van der Waals surface area contributed by atoms with Gasteiger partial charge in [-0.3, -0.25) is 9.78 Å². The lowest BCUT2D eigenvalue weighted by Crippen LogP contribution is -2.40. The molecule has 18 heavy (non-hydrogen) atoms. The Balaban J connectivity index is 1.75. The van der Waals surface area contributed by atoms with Crippen LogP contribution in [0.15, 0.2) is 24.4 Å². The third-order valence-corrected chi connectivity index (χ3v) is 3.54. The minimum atomic E-state index is 0.124. The number of amides is 1. The summed E-state index contributed by atoms with van der Waals surface area (Å²) in [7, 11) is 2.11. The average Bonchev–Trinajstić information content (AvgIpc) is 2.40. The van der Waals surface area contributed by atoms with E-state index in [2.05, 4.69) is 22.2 Å². The number of hydrogen-bond acceptors (Lipinski definition) is 3. The van der Waals surface area contributed by atoms with Crippen LogP contribution in [0, 0.1) is 0 Å². The molecule has 0 saturated carbocycles. The van der Waals surface area contributed by atoms with Gasteiger partial charge >= 0.3 is 0 Å². The molecule has 0 aliphatic carbocycles. The van der Waals surface area contributed by atoms with Crippen LogP contribution < -0.4 is 5.32 Å². The van der Waals surface area contributed by atoms with E-state index in [0.717, 1.165) is 18.7 Å². The highest BCUT2D eigenvalue weighted by atomic mass is 16.1. The molecule has 1 aliphatic heterocycles. The van der Waals surface area contributed by atoms with Crippen LogP contribution in [0.5, 0.6) is 0 Å². The zero-order valence-electron chi connectivity index (χ0n) is 10.9. The number of carbonyl (C=O) groups is 1. The molecule has 1 atom stereocenters. The van der Waals surface area contributed by atoms with Crippen LogP contribution in [-0.2, 0) is 11.3 Å². The summed E-state index contributed by atoms with van der Waals surface area (Å²) in [5.74, 6) is 0.124. The third-order valence-electron chi connectivity index (χ3n) is 3.54. The highest BCUT2D eigenvalue weighted by molar-refractivity contribution is 5.76. The topological polar surface area (TPSA) is 45.2 Å². The Labute approximate surface area is 108 Å². The molecule has 2 rings (SSSR count). The van der Waals surface area contributed by atoms with Gasteiger partial charge in [-0.2, -0.15) is 0 Å². The van der Waals surface area contributed by atoms with Crippen LogP contribution in [0.1, 0.15) is 31.4 Å². The van der Waals surface area contributed by atoms with E-state index in [-0.39, 0.29) is 5.91 Å². The van der Waals surface area contributed by atoms with Gasteiger partial charge in [0.25, 0.3) is 0 Å². The van der Waals surface area contributed by atoms with E-state index in [9.17, 15) is 4.79 Å². The second-order valence-corrected chi connectivity index (χ2v) is 4.93. The van der Waals surface area contributed by atoms with Crippen molar-refractivity contribution >= 4 is 5.91 Å².